The highest BCUT2D eigenvalue weighted by molar-refractivity contribution is 7.10. The van der Waals surface area contributed by atoms with Gasteiger partial charge >= 0.3 is 0 Å². The Balaban J connectivity index is 2.03. The fourth-order valence-corrected chi connectivity index (χ4v) is 3.78. The lowest BCUT2D eigenvalue weighted by molar-refractivity contribution is -0.890. The minimum absolute atomic E-state index is 0.0534. The van der Waals surface area contributed by atoms with Crippen molar-refractivity contribution in [3.05, 3.63) is 58.3 Å². The monoisotopic (exact) mass is 331 g/mol. The average Bonchev–Trinajstić information content (AvgIpc) is 3.07. The second-order valence-electron chi connectivity index (χ2n) is 6.14. The largest absolute Gasteiger partial charge is 0.349 e. The Morgan fingerprint density at radius 3 is 2.48 bits per heavy atom. The fraction of sp³-hybridized carbons (Fsp3) is 0.421. The lowest BCUT2D eigenvalue weighted by atomic mass is 9.93. The van der Waals surface area contributed by atoms with Gasteiger partial charge in [-0.2, -0.15) is 0 Å². The summed E-state index contributed by atoms with van der Waals surface area (Å²) in [6, 6.07) is 14.6. The van der Waals surface area contributed by atoms with Gasteiger partial charge in [-0.15, -0.1) is 11.3 Å². The quantitative estimate of drug-likeness (QED) is 0.766. The Labute approximate surface area is 143 Å². The molecule has 2 N–H and O–H groups in total. The summed E-state index contributed by atoms with van der Waals surface area (Å²) in [7, 11) is 4.27. The number of thiophene rings is 1. The lowest BCUT2D eigenvalue weighted by Crippen LogP contribution is -3.06. The van der Waals surface area contributed by atoms with Crippen LogP contribution in [0.15, 0.2) is 47.8 Å². The number of carbonyl (C=O) groups excluding carboxylic acids is 1. The van der Waals surface area contributed by atoms with Gasteiger partial charge in [-0.05, 0) is 23.4 Å². The summed E-state index contributed by atoms with van der Waals surface area (Å²) < 4.78 is 0. The van der Waals surface area contributed by atoms with Crippen LogP contribution in [0.1, 0.15) is 42.2 Å². The molecule has 0 unspecified atom stereocenters. The molecule has 0 radical (unpaired) electrons. The second-order valence-corrected chi connectivity index (χ2v) is 7.12. The van der Waals surface area contributed by atoms with Crippen LogP contribution in [0.5, 0.6) is 0 Å². The molecule has 124 valence electrons. The topological polar surface area (TPSA) is 33.5 Å². The summed E-state index contributed by atoms with van der Waals surface area (Å²) in [5.74, 6) is 0.0863. The zero-order valence-corrected chi connectivity index (χ0v) is 15.0. The molecule has 2 atom stereocenters. The highest BCUT2D eigenvalue weighted by Gasteiger charge is 2.23. The molecule has 0 aliphatic rings. The Bertz CT molecular complexity index is 581. The van der Waals surface area contributed by atoms with Gasteiger partial charge in [0.25, 0.3) is 0 Å². The lowest BCUT2D eigenvalue weighted by Gasteiger charge is -2.23. The molecule has 4 heteroatoms. The van der Waals surface area contributed by atoms with Crippen molar-refractivity contribution in [2.75, 3.05) is 20.6 Å². The summed E-state index contributed by atoms with van der Waals surface area (Å²) in [6.45, 7) is 2.80. The molecule has 1 amide bonds. The number of carbonyl (C=O) groups is 1. The van der Waals surface area contributed by atoms with Crippen LogP contribution in [0.25, 0.3) is 0 Å². The summed E-state index contributed by atoms with van der Waals surface area (Å²) >= 11 is 1.75. The van der Waals surface area contributed by atoms with E-state index in [0.29, 0.717) is 12.6 Å². The first-order chi connectivity index (χ1) is 11.1. The van der Waals surface area contributed by atoms with E-state index in [4.69, 9.17) is 0 Å². The number of quaternary nitrogens is 1. The van der Waals surface area contributed by atoms with E-state index >= 15 is 0 Å². The van der Waals surface area contributed by atoms with Crippen molar-refractivity contribution in [2.24, 2.45) is 0 Å². The van der Waals surface area contributed by atoms with Crippen LogP contribution in [0, 0.1) is 0 Å². The SMILES string of the molecule is CCC[C@H](C(=O)NC[C@H](c1cccs1)[NH+](C)C)c1ccccc1. The molecular weight excluding hydrogens is 304 g/mol. The third kappa shape index (κ3) is 4.91. The minimum Gasteiger partial charge on any atom is -0.349 e. The third-order valence-corrected chi connectivity index (χ3v) is 5.15. The van der Waals surface area contributed by atoms with Gasteiger partial charge in [-0.3, -0.25) is 4.79 Å². The predicted molar refractivity (Wildman–Crippen MR) is 97.0 cm³/mol. The molecule has 0 spiro atoms. The molecule has 0 saturated heterocycles. The molecule has 3 nitrogen and oxygen atoms in total. The molecule has 0 aliphatic carbocycles. The van der Waals surface area contributed by atoms with Crippen LogP contribution in [0.4, 0.5) is 0 Å². The number of benzene rings is 1. The van der Waals surface area contributed by atoms with Crippen LogP contribution in [0.2, 0.25) is 0 Å². The van der Waals surface area contributed by atoms with Crippen molar-refractivity contribution < 1.29 is 9.69 Å². The smallest absolute Gasteiger partial charge is 0.227 e. The summed E-state index contributed by atoms with van der Waals surface area (Å²) in [5.41, 5.74) is 1.11. The van der Waals surface area contributed by atoms with Gasteiger partial charge in [0, 0.05) is 0 Å². The van der Waals surface area contributed by atoms with Crippen LogP contribution in [0.3, 0.4) is 0 Å². The summed E-state index contributed by atoms with van der Waals surface area (Å²) in [4.78, 5) is 15.4. The van der Waals surface area contributed by atoms with Gasteiger partial charge in [0.15, 0.2) is 0 Å². The van der Waals surface area contributed by atoms with E-state index in [2.05, 4.69) is 43.8 Å². The first-order valence-electron chi connectivity index (χ1n) is 8.29. The maximum Gasteiger partial charge on any atom is 0.227 e. The first-order valence-corrected chi connectivity index (χ1v) is 9.17. The fourth-order valence-electron chi connectivity index (χ4n) is 2.83. The molecule has 1 heterocycles. The number of hydrogen-bond donors (Lipinski definition) is 2. The standard InChI is InChI=1S/C19H26N2OS/c1-4-9-16(15-10-6-5-7-11-15)19(22)20-14-17(21(2)3)18-12-8-13-23-18/h5-8,10-13,16-17H,4,9,14H2,1-3H3,(H,20,22)/p+1/t16-,17+/m0/s1. The van der Waals surface area contributed by atoms with Gasteiger partial charge in [0.2, 0.25) is 5.91 Å². The van der Waals surface area contributed by atoms with Crippen molar-refractivity contribution in [3.63, 3.8) is 0 Å². The highest BCUT2D eigenvalue weighted by atomic mass is 32.1. The van der Waals surface area contributed by atoms with Crippen molar-refractivity contribution in [2.45, 2.75) is 31.7 Å². The van der Waals surface area contributed by atoms with Crippen molar-refractivity contribution in [1.82, 2.24) is 5.32 Å². The van der Waals surface area contributed by atoms with Gasteiger partial charge < -0.3 is 10.2 Å². The van der Waals surface area contributed by atoms with Crippen molar-refractivity contribution >= 4 is 17.2 Å². The zero-order valence-electron chi connectivity index (χ0n) is 14.2. The van der Waals surface area contributed by atoms with E-state index in [1.807, 2.05) is 30.3 Å². The Morgan fingerprint density at radius 2 is 1.91 bits per heavy atom. The third-order valence-electron chi connectivity index (χ3n) is 4.16. The number of hydrogen-bond acceptors (Lipinski definition) is 2. The zero-order chi connectivity index (χ0) is 16.7. The maximum atomic E-state index is 12.7. The van der Waals surface area contributed by atoms with Crippen LogP contribution < -0.4 is 10.2 Å². The maximum absolute atomic E-state index is 12.7. The average molecular weight is 332 g/mol. The summed E-state index contributed by atoms with van der Waals surface area (Å²) in [6.07, 6.45) is 1.88. The van der Waals surface area contributed by atoms with Gasteiger partial charge in [-0.1, -0.05) is 49.7 Å². The number of amides is 1. The van der Waals surface area contributed by atoms with E-state index in [-0.39, 0.29) is 11.8 Å². The Hall–Kier alpha value is -1.65. The van der Waals surface area contributed by atoms with Crippen molar-refractivity contribution in [3.8, 4) is 0 Å². The second kappa shape index (κ2) is 8.85. The number of nitrogens with one attached hydrogen (secondary N) is 2. The van der Waals surface area contributed by atoms with Gasteiger partial charge in [-0.25, -0.2) is 0 Å². The molecule has 2 rings (SSSR count). The van der Waals surface area contributed by atoms with Gasteiger partial charge in [0.1, 0.15) is 6.04 Å². The molecule has 23 heavy (non-hydrogen) atoms. The molecule has 2 aromatic rings. The molecule has 0 saturated carbocycles. The van der Waals surface area contributed by atoms with E-state index in [1.54, 1.807) is 11.3 Å². The normalized spacial score (nSPS) is 13.7. The van der Waals surface area contributed by atoms with Crippen LogP contribution in [-0.2, 0) is 4.79 Å². The molecule has 1 aromatic carbocycles. The number of rotatable bonds is 8. The highest BCUT2D eigenvalue weighted by Crippen LogP contribution is 2.22. The van der Waals surface area contributed by atoms with Gasteiger partial charge in [0.05, 0.1) is 31.4 Å². The molecule has 1 aromatic heterocycles. The van der Waals surface area contributed by atoms with E-state index in [9.17, 15) is 4.79 Å². The molecular formula is C19H27N2OS+. The Kier molecular flexibility index (Phi) is 6.81. The first kappa shape index (κ1) is 17.7. The van der Waals surface area contributed by atoms with E-state index in [1.165, 1.54) is 9.78 Å². The van der Waals surface area contributed by atoms with Crippen molar-refractivity contribution in [1.29, 1.82) is 0 Å². The molecule has 0 fully saturated rings. The van der Waals surface area contributed by atoms with E-state index < -0.39 is 0 Å². The molecule has 0 aliphatic heterocycles. The Morgan fingerprint density at radius 1 is 1.17 bits per heavy atom. The van der Waals surface area contributed by atoms with Crippen LogP contribution in [-0.4, -0.2) is 26.5 Å². The molecule has 0 bridgehead atoms. The van der Waals surface area contributed by atoms with E-state index in [0.717, 1.165) is 18.4 Å². The summed E-state index contributed by atoms with van der Waals surface area (Å²) in [5, 5.41) is 5.28. The minimum atomic E-state index is -0.0534. The van der Waals surface area contributed by atoms with Crippen LogP contribution >= 0.6 is 11.3 Å². The predicted octanol–water partition coefficient (Wildman–Crippen LogP) is 2.63. The number of likely N-dealkylation sites (N-methyl/N-ethyl adjacent to an activating group) is 1.